The maximum absolute atomic E-state index is 5.57. The van der Waals surface area contributed by atoms with Gasteiger partial charge < -0.3 is 24.2 Å². The van der Waals surface area contributed by atoms with Crippen molar-refractivity contribution in [2.45, 2.75) is 46.7 Å². The van der Waals surface area contributed by atoms with Crippen molar-refractivity contribution >= 4 is 27.4 Å². The first kappa shape index (κ1) is 23.0. The Morgan fingerprint density at radius 1 is 0.971 bits per heavy atom. The van der Waals surface area contributed by atoms with Gasteiger partial charge in [0, 0.05) is 10.4 Å². The van der Waals surface area contributed by atoms with Crippen LogP contribution in [0.4, 0.5) is 5.82 Å². The molecule has 0 spiro atoms. The number of aromatic nitrogens is 2. The Labute approximate surface area is 211 Å². The van der Waals surface area contributed by atoms with Crippen LogP contribution in [0.2, 0.25) is 0 Å². The largest absolute Gasteiger partial charge is 0.454 e. The predicted octanol–water partition coefficient (Wildman–Crippen LogP) is 1.76. The Morgan fingerprint density at radius 2 is 1.71 bits per heavy atom. The van der Waals surface area contributed by atoms with Crippen molar-refractivity contribution < 1.29 is 19.3 Å². The normalized spacial score (nSPS) is 22.8. The number of fused-ring (bicyclic) bond motifs is 2. The lowest BCUT2D eigenvalue weighted by molar-refractivity contribution is -0.920. The van der Waals surface area contributed by atoms with Gasteiger partial charge in [-0.3, -0.25) is 0 Å². The summed E-state index contributed by atoms with van der Waals surface area (Å²) in [5.41, 5.74) is 2.66. The van der Waals surface area contributed by atoms with E-state index >= 15 is 0 Å². The van der Waals surface area contributed by atoms with E-state index in [1.54, 1.807) is 9.80 Å². The zero-order valence-corrected chi connectivity index (χ0v) is 22.0. The molecule has 5 heterocycles. The van der Waals surface area contributed by atoms with Gasteiger partial charge in [-0.2, -0.15) is 0 Å². The zero-order valence-electron chi connectivity index (χ0n) is 21.2. The number of rotatable bonds is 5. The highest BCUT2D eigenvalue weighted by molar-refractivity contribution is 7.18. The first-order valence-electron chi connectivity index (χ1n) is 13.1. The number of benzene rings is 1. The van der Waals surface area contributed by atoms with Gasteiger partial charge >= 0.3 is 0 Å². The quantitative estimate of drug-likeness (QED) is 0.565. The lowest BCUT2D eigenvalue weighted by Gasteiger charge is -2.33. The second-order valence-corrected chi connectivity index (χ2v) is 11.8. The molecule has 0 unspecified atom stereocenters. The van der Waals surface area contributed by atoms with E-state index in [1.807, 2.05) is 17.4 Å². The average Bonchev–Trinajstić information content (AvgIpc) is 3.44. The van der Waals surface area contributed by atoms with Gasteiger partial charge in [0.1, 0.15) is 23.7 Å². The Hall–Kier alpha value is -2.42. The van der Waals surface area contributed by atoms with Gasteiger partial charge in [-0.05, 0) is 56.4 Å². The van der Waals surface area contributed by atoms with Crippen molar-refractivity contribution in [3.05, 3.63) is 40.0 Å². The number of hydrogen-bond acceptors (Lipinski definition) is 6. The topological polar surface area (TPSA) is 56.4 Å². The molecule has 0 saturated carbocycles. The second kappa shape index (κ2) is 9.56. The van der Waals surface area contributed by atoms with Crippen molar-refractivity contribution in [1.82, 2.24) is 9.97 Å². The lowest BCUT2D eigenvalue weighted by Crippen LogP contribution is -3.13. The number of ether oxygens (including phenoxy) is 2. The molecule has 3 aromatic rings. The number of likely N-dealkylation sites (tertiary alicyclic amines) is 1. The first-order valence-corrected chi connectivity index (χ1v) is 13.9. The third-order valence-electron chi connectivity index (χ3n) is 8.11. The van der Waals surface area contributed by atoms with Crippen LogP contribution >= 0.6 is 11.3 Å². The lowest BCUT2D eigenvalue weighted by atomic mass is 9.99. The highest BCUT2D eigenvalue weighted by Gasteiger charge is 2.27. The molecule has 2 N–H and O–H groups in total. The SMILES string of the molecule is Cc1sc2nc(C[NH+]3CCC(C)CC3)nc(N3CC[NH+](Cc4ccc5c(c4)OCO5)CC3)c2c1C. The highest BCUT2D eigenvalue weighted by Crippen LogP contribution is 2.35. The number of aryl methyl sites for hydroxylation is 2. The van der Waals surface area contributed by atoms with Crippen LogP contribution in [0, 0.1) is 19.8 Å². The van der Waals surface area contributed by atoms with Gasteiger partial charge in [0.25, 0.3) is 0 Å². The van der Waals surface area contributed by atoms with Gasteiger partial charge in [-0.1, -0.05) is 6.92 Å². The van der Waals surface area contributed by atoms with Crippen molar-refractivity contribution in [2.24, 2.45) is 5.92 Å². The molecule has 2 aromatic heterocycles. The smallest absolute Gasteiger partial charge is 0.231 e. The standard InChI is InChI=1S/C27H35N5O2S/c1-18-6-8-30(9-7-18)16-24-28-26(25-19(2)20(3)35-27(25)29-24)32-12-10-31(11-13-32)15-21-4-5-22-23(14-21)34-17-33-22/h4-5,14,18H,6-13,15-17H2,1-3H3/p+2. The Morgan fingerprint density at radius 3 is 2.51 bits per heavy atom. The van der Waals surface area contributed by atoms with Crippen LogP contribution in [0.25, 0.3) is 10.2 Å². The number of piperazine rings is 1. The van der Waals surface area contributed by atoms with Crippen LogP contribution in [0.15, 0.2) is 18.2 Å². The van der Waals surface area contributed by atoms with Crippen molar-refractivity contribution in [3.63, 3.8) is 0 Å². The van der Waals surface area contributed by atoms with E-state index in [0.717, 1.165) is 62.5 Å². The summed E-state index contributed by atoms with van der Waals surface area (Å²) >= 11 is 1.83. The fourth-order valence-corrected chi connectivity index (χ4v) is 6.74. The summed E-state index contributed by atoms with van der Waals surface area (Å²) in [5, 5.41) is 1.28. The maximum Gasteiger partial charge on any atom is 0.231 e. The fourth-order valence-electron chi connectivity index (χ4n) is 5.70. The highest BCUT2D eigenvalue weighted by atomic mass is 32.1. The molecule has 3 aliphatic rings. The summed E-state index contributed by atoms with van der Waals surface area (Å²) in [5.74, 6) is 4.79. The van der Waals surface area contributed by atoms with Gasteiger partial charge in [0.2, 0.25) is 6.79 Å². The minimum atomic E-state index is 0.333. The summed E-state index contributed by atoms with van der Waals surface area (Å²) in [6.45, 7) is 15.9. The number of anilines is 1. The van der Waals surface area contributed by atoms with E-state index in [-0.39, 0.29) is 0 Å². The Bertz CT molecular complexity index is 1210. The van der Waals surface area contributed by atoms with Gasteiger partial charge in [0.05, 0.1) is 44.7 Å². The van der Waals surface area contributed by atoms with Gasteiger partial charge in [0.15, 0.2) is 17.3 Å². The first-order chi connectivity index (χ1) is 17.0. The molecule has 0 bridgehead atoms. The molecule has 2 saturated heterocycles. The van der Waals surface area contributed by atoms with E-state index in [9.17, 15) is 0 Å². The molecule has 3 aliphatic heterocycles. The molecule has 7 nitrogen and oxygen atoms in total. The monoisotopic (exact) mass is 495 g/mol. The molecule has 0 radical (unpaired) electrons. The Balaban J connectivity index is 1.18. The molecule has 1 aromatic carbocycles. The molecule has 2 fully saturated rings. The summed E-state index contributed by atoms with van der Waals surface area (Å²) in [4.78, 5) is 18.6. The molecular formula is C27H37N5O2S+2. The predicted molar refractivity (Wildman–Crippen MR) is 139 cm³/mol. The van der Waals surface area contributed by atoms with Crippen LogP contribution in [0.1, 0.15) is 41.6 Å². The molecule has 0 amide bonds. The van der Waals surface area contributed by atoms with Gasteiger partial charge in [-0.25, -0.2) is 9.97 Å². The summed E-state index contributed by atoms with van der Waals surface area (Å²) < 4.78 is 11.0. The van der Waals surface area contributed by atoms with Crippen LogP contribution < -0.4 is 24.2 Å². The molecule has 8 heteroatoms. The summed E-state index contributed by atoms with van der Waals surface area (Å²) in [6, 6.07) is 6.36. The van der Waals surface area contributed by atoms with E-state index in [1.165, 1.54) is 58.0 Å². The maximum atomic E-state index is 5.57. The number of piperidine rings is 1. The minimum absolute atomic E-state index is 0.333. The number of thiophene rings is 1. The number of nitrogens with one attached hydrogen (secondary N) is 2. The molecule has 0 aliphatic carbocycles. The zero-order chi connectivity index (χ0) is 23.9. The molecular weight excluding hydrogens is 458 g/mol. The molecule has 186 valence electrons. The van der Waals surface area contributed by atoms with Crippen LogP contribution in [-0.2, 0) is 13.1 Å². The number of hydrogen-bond donors (Lipinski definition) is 2. The number of nitrogens with zero attached hydrogens (tertiary/aromatic N) is 3. The van der Waals surface area contributed by atoms with Crippen molar-refractivity contribution in [2.75, 3.05) is 51.0 Å². The molecule has 6 rings (SSSR count). The van der Waals surface area contributed by atoms with E-state index in [0.29, 0.717) is 6.79 Å². The third-order valence-corrected chi connectivity index (χ3v) is 9.21. The van der Waals surface area contributed by atoms with Gasteiger partial charge in [-0.15, -0.1) is 11.3 Å². The average molecular weight is 496 g/mol. The fraction of sp³-hybridized carbons (Fsp3) is 0.556. The van der Waals surface area contributed by atoms with E-state index in [2.05, 4.69) is 37.8 Å². The van der Waals surface area contributed by atoms with Crippen LogP contribution in [-0.4, -0.2) is 56.0 Å². The van der Waals surface area contributed by atoms with E-state index < -0.39 is 0 Å². The van der Waals surface area contributed by atoms with Crippen LogP contribution in [0.3, 0.4) is 0 Å². The molecule has 0 atom stereocenters. The van der Waals surface area contributed by atoms with Crippen molar-refractivity contribution in [3.8, 4) is 11.5 Å². The van der Waals surface area contributed by atoms with Crippen molar-refractivity contribution in [1.29, 1.82) is 0 Å². The summed E-state index contributed by atoms with van der Waals surface area (Å²) in [6.07, 6.45) is 2.63. The third kappa shape index (κ3) is 4.71. The second-order valence-electron chi connectivity index (χ2n) is 10.6. The molecule has 35 heavy (non-hydrogen) atoms. The summed E-state index contributed by atoms with van der Waals surface area (Å²) in [7, 11) is 0. The minimum Gasteiger partial charge on any atom is -0.454 e. The van der Waals surface area contributed by atoms with Crippen LogP contribution in [0.5, 0.6) is 11.5 Å². The Kier molecular flexibility index (Phi) is 6.28. The van der Waals surface area contributed by atoms with E-state index in [4.69, 9.17) is 19.4 Å². The number of quaternary nitrogens is 2.